The smallest absolute Gasteiger partial charge is 0.326 e. The van der Waals surface area contributed by atoms with Crippen molar-refractivity contribution in [2.75, 3.05) is 33.2 Å². The van der Waals surface area contributed by atoms with Crippen molar-refractivity contribution in [3.63, 3.8) is 0 Å². The fourth-order valence-electron chi connectivity index (χ4n) is 2.10. The van der Waals surface area contributed by atoms with Crippen LogP contribution in [0.15, 0.2) is 9.59 Å². The number of aromatic amines is 2. The van der Waals surface area contributed by atoms with Crippen molar-refractivity contribution in [1.82, 2.24) is 19.8 Å². The second-order valence-electron chi connectivity index (χ2n) is 4.71. The molecule has 2 heterocycles. The van der Waals surface area contributed by atoms with Gasteiger partial charge in [0.25, 0.3) is 11.5 Å². The lowest BCUT2D eigenvalue weighted by atomic mass is 10.2. The third-order valence-corrected chi connectivity index (χ3v) is 3.27. The van der Waals surface area contributed by atoms with E-state index in [2.05, 4.69) is 19.8 Å². The maximum atomic E-state index is 11.8. The summed E-state index contributed by atoms with van der Waals surface area (Å²) in [7, 11) is 2.03. The van der Waals surface area contributed by atoms with Gasteiger partial charge in [-0.3, -0.25) is 19.5 Å². The van der Waals surface area contributed by atoms with Crippen LogP contribution < -0.4 is 17.0 Å². The monoisotopic (exact) mass is 267 g/mol. The minimum absolute atomic E-state index is 0.104. The quantitative estimate of drug-likeness (QED) is 0.581. The van der Waals surface area contributed by atoms with Gasteiger partial charge in [-0.05, 0) is 7.05 Å². The number of hydrogen-bond acceptors (Lipinski definition) is 5. The van der Waals surface area contributed by atoms with Crippen LogP contribution in [0.2, 0.25) is 0 Å². The van der Waals surface area contributed by atoms with Gasteiger partial charge < -0.3 is 15.6 Å². The highest BCUT2D eigenvalue weighted by Crippen LogP contribution is 2.06. The highest BCUT2D eigenvalue weighted by atomic mass is 16.2. The molecule has 1 aliphatic rings. The van der Waals surface area contributed by atoms with Gasteiger partial charge in [0, 0.05) is 32.7 Å². The molecule has 1 aromatic rings. The molecule has 1 amide bonds. The van der Waals surface area contributed by atoms with E-state index in [0.717, 1.165) is 26.2 Å². The van der Waals surface area contributed by atoms with Crippen LogP contribution in [-0.2, 0) is 6.54 Å². The summed E-state index contributed by atoms with van der Waals surface area (Å²) in [5.74, 6) is -0.799. The van der Waals surface area contributed by atoms with Crippen LogP contribution in [0.5, 0.6) is 0 Å². The average Bonchev–Trinajstić information content (AvgIpc) is 2.34. The summed E-state index contributed by atoms with van der Waals surface area (Å²) < 4.78 is 0. The largest absolute Gasteiger partial charge is 0.364 e. The van der Waals surface area contributed by atoms with Crippen LogP contribution in [0.1, 0.15) is 16.1 Å². The van der Waals surface area contributed by atoms with Gasteiger partial charge in [-0.15, -0.1) is 0 Å². The predicted molar refractivity (Wildman–Crippen MR) is 69.0 cm³/mol. The van der Waals surface area contributed by atoms with Crippen molar-refractivity contribution < 1.29 is 4.79 Å². The number of hydrogen-bond donors (Lipinski definition) is 3. The van der Waals surface area contributed by atoms with E-state index < -0.39 is 17.2 Å². The van der Waals surface area contributed by atoms with E-state index in [1.165, 1.54) is 0 Å². The van der Waals surface area contributed by atoms with Gasteiger partial charge in [0.15, 0.2) is 0 Å². The number of likely N-dealkylation sites (N-methyl/N-ethyl adjacent to an activating group) is 1. The van der Waals surface area contributed by atoms with Gasteiger partial charge in [-0.25, -0.2) is 4.79 Å². The van der Waals surface area contributed by atoms with E-state index >= 15 is 0 Å². The number of primary amides is 1. The fraction of sp³-hybridized carbons (Fsp3) is 0.545. The van der Waals surface area contributed by atoms with E-state index in [1.807, 2.05) is 7.05 Å². The molecule has 104 valence electrons. The molecular weight excluding hydrogens is 250 g/mol. The number of nitrogens with one attached hydrogen (secondary N) is 2. The number of carbonyl (C=O) groups is 1. The number of amides is 1. The Labute approximate surface area is 109 Å². The Morgan fingerprint density at radius 3 is 2.42 bits per heavy atom. The van der Waals surface area contributed by atoms with Gasteiger partial charge in [-0.2, -0.15) is 0 Å². The SMILES string of the molecule is CN1CCN(Cc2c(C(N)=O)[nH]c(=O)[nH]c2=O)CC1. The highest BCUT2D eigenvalue weighted by Gasteiger charge is 2.19. The lowest BCUT2D eigenvalue weighted by molar-refractivity contribution is 0.0990. The fourth-order valence-corrected chi connectivity index (χ4v) is 2.10. The van der Waals surface area contributed by atoms with Crippen molar-refractivity contribution in [2.24, 2.45) is 5.73 Å². The van der Waals surface area contributed by atoms with Crippen LogP contribution >= 0.6 is 0 Å². The molecule has 1 saturated heterocycles. The van der Waals surface area contributed by atoms with Crippen molar-refractivity contribution in [3.8, 4) is 0 Å². The molecule has 8 heteroatoms. The van der Waals surface area contributed by atoms with Crippen LogP contribution in [0, 0.1) is 0 Å². The molecule has 0 unspecified atom stereocenters. The molecule has 19 heavy (non-hydrogen) atoms. The topological polar surface area (TPSA) is 115 Å². The number of aromatic nitrogens is 2. The summed E-state index contributed by atoms with van der Waals surface area (Å²) in [6.07, 6.45) is 0. The van der Waals surface area contributed by atoms with Gasteiger partial charge in [0.05, 0.1) is 5.56 Å². The molecule has 1 aromatic heterocycles. The number of carbonyl (C=O) groups excluding carboxylic acids is 1. The van der Waals surface area contributed by atoms with E-state index in [1.54, 1.807) is 0 Å². The zero-order valence-corrected chi connectivity index (χ0v) is 10.7. The highest BCUT2D eigenvalue weighted by molar-refractivity contribution is 5.92. The second-order valence-corrected chi connectivity index (χ2v) is 4.71. The molecule has 1 aliphatic heterocycles. The predicted octanol–water partition coefficient (Wildman–Crippen LogP) is -2.09. The molecule has 0 radical (unpaired) electrons. The number of rotatable bonds is 3. The standard InChI is InChI=1S/C11H17N5O3/c1-15-2-4-16(5-3-15)6-7-8(9(12)17)13-11(19)14-10(7)18/h2-6H2,1H3,(H2,12,17)(H2,13,14,18,19). The maximum Gasteiger partial charge on any atom is 0.326 e. The maximum absolute atomic E-state index is 11.8. The Morgan fingerprint density at radius 2 is 1.84 bits per heavy atom. The Kier molecular flexibility index (Phi) is 3.82. The zero-order chi connectivity index (χ0) is 14.0. The second kappa shape index (κ2) is 5.37. The van der Waals surface area contributed by atoms with Gasteiger partial charge >= 0.3 is 5.69 Å². The molecule has 0 aromatic carbocycles. The first-order chi connectivity index (χ1) is 8.97. The van der Waals surface area contributed by atoms with Crippen molar-refractivity contribution in [1.29, 1.82) is 0 Å². The molecular formula is C11H17N5O3. The van der Waals surface area contributed by atoms with Crippen molar-refractivity contribution in [2.45, 2.75) is 6.54 Å². The van der Waals surface area contributed by atoms with Gasteiger partial charge in [0.2, 0.25) is 0 Å². The molecule has 0 spiro atoms. The lowest BCUT2D eigenvalue weighted by Gasteiger charge is -2.32. The van der Waals surface area contributed by atoms with Crippen LogP contribution in [-0.4, -0.2) is 58.9 Å². The Morgan fingerprint density at radius 1 is 1.21 bits per heavy atom. The van der Waals surface area contributed by atoms with Crippen LogP contribution in [0.25, 0.3) is 0 Å². The molecule has 8 nitrogen and oxygen atoms in total. The summed E-state index contributed by atoms with van der Waals surface area (Å²) in [6, 6.07) is 0. The third kappa shape index (κ3) is 3.09. The first-order valence-corrected chi connectivity index (χ1v) is 6.03. The summed E-state index contributed by atoms with van der Waals surface area (Å²) in [4.78, 5) is 42.9. The number of nitrogens with zero attached hydrogens (tertiary/aromatic N) is 2. The van der Waals surface area contributed by atoms with Gasteiger partial charge in [0.1, 0.15) is 5.69 Å². The van der Waals surface area contributed by atoms with Crippen molar-refractivity contribution in [3.05, 3.63) is 32.1 Å². The van der Waals surface area contributed by atoms with Crippen LogP contribution in [0.4, 0.5) is 0 Å². The molecule has 0 saturated carbocycles. The molecule has 2 rings (SSSR count). The minimum Gasteiger partial charge on any atom is -0.364 e. The average molecular weight is 267 g/mol. The molecule has 0 atom stereocenters. The first kappa shape index (κ1) is 13.5. The Balaban J connectivity index is 2.27. The Bertz CT molecular complexity index is 583. The molecule has 0 bridgehead atoms. The molecule has 1 fully saturated rings. The Hall–Kier alpha value is -1.93. The number of nitrogens with two attached hydrogens (primary N) is 1. The third-order valence-electron chi connectivity index (χ3n) is 3.27. The van der Waals surface area contributed by atoms with E-state index in [4.69, 9.17) is 5.73 Å². The number of piperazine rings is 1. The van der Waals surface area contributed by atoms with Crippen LogP contribution in [0.3, 0.4) is 0 Å². The van der Waals surface area contributed by atoms with Crippen molar-refractivity contribution >= 4 is 5.91 Å². The first-order valence-electron chi connectivity index (χ1n) is 6.03. The zero-order valence-electron chi connectivity index (χ0n) is 10.7. The van der Waals surface area contributed by atoms with E-state index in [-0.39, 0.29) is 11.3 Å². The van der Waals surface area contributed by atoms with E-state index in [0.29, 0.717) is 6.54 Å². The summed E-state index contributed by atoms with van der Waals surface area (Å²) in [5, 5.41) is 0. The van der Waals surface area contributed by atoms with E-state index in [9.17, 15) is 14.4 Å². The normalized spacial score (nSPS) is 17.5. The summed E-state index contributed by atoms with van der Waals surface area (Å²) in [6.45, 7) is 3.69. The molecule has 0 aliphatic carbocycles. The summed E-state index contributed by atoms with van der Waals surface area (Å²) in [5.41, 5.74) is 4.03. The minimum atomic E-state index is -0.799. The summed E-state index contributed by atoms with van der Waals surface area (Å²) >= 11 is 0. The molecule has 4 N–H and O–H groups in total. The van der Waals surface area contributed by atoms with Gasteiger partial charge in [-0.1, -0.05) is 0 Å². The lowest BCUT2D eigenvalue weighted by Crippen LogP contribution is -2.45. The number of H-pyrrole nitrogens is 2.